The van der Waals surface area contributed by atoms with Crippen molar-refractivity contribution in [2.24, 2.45) is 0 Å². The Labute approximate surface area is 106 Å². The van der Waals surface area contributed by atoms with Gasteiger partial charge in [-0.15, -0.1) is 0 Å². The summed E-state index contributed by atoms with van der Waals surface area (Å²) in [7, 11) is 0. The third-order valence-electron chi connectivity index (χ3n) is 2.28. The molecule has 0 fully saturated rings. The monoisotopic (exact) mass is 244 g/mol. The van der Waals surface area contributed by atoms with Crippen LogP contribution in [0.2, 0.25) is 0 Å². The smallest absolute Gasteiger partial charge is 0.224 e. The normalized spacial score (nSPS) is 10.1. The first-order chi connectivity index (χ1) is 8.78. The lowest BCUT2D eigenvalue weighted by Gasteiger charge is -2.08. The molecule has 0 atom stereocenters. The van der Waals surface area contributed by atoms with Crippen molar-refractivity contribution in [1.29, 1.82) is 0 Å². The molecule has 2 aromatic rings. The fourth-order valence-electron chi connectivity index (χ4n) is 1.50. The van der Waals surface area contributed by atoms with E-state index in [1.54, 1.807) is 6.20 Å². The first-order valence-corrected chi connectivity index (χ1v) is 5.86. The van der Waals surface area contributed by atoms with Gasteiger partial charge in [0.15, 0.2) is 0 Å². The van der Waals surface area contributed by atoms with Crippen molar-refractivity contribution in [3.63, 3.8) is 0 Å². The van der Waals surface area contributed by atoms with Crippen LogP contribution < -0.4 is 10.6 Å². The van der Waals surface area contributed by atoms with Gasteiger partial charge in [-0.3, -0.25) is 0 Å². The van der Waals surface area contributed by atoms with E-state index in [-0.39, 0.29) is 0 Å². The van der Waals surface area contributed by atoms with Crippen molar-refractivity contribution in [3.8, 4) is 0 Å². The van der Waals surface area contributed by atoms with Crippen LogP contribution in [0.3, 0.4) is 0 Å². The van der Waals surface area contributed by atoms with E-state index in [9.17, 15) is 0 Å². The van der Waals surface area contributed by atoms with Crippen molar-refractivity contribution in [2.75, 3.05) is 17.2 Å². The molecule has 0 spiro atoms. The van der Waals surface area contributed by atoms with Gasteiger partial charge in [0.2, 0.25) is 5.95 Å². The maximum Gasteiger partial charge on any atom is 0.224 e. The standard InChI is InChI=1S/C12H16N6/c1-3-14-12-17-9(2)6-11(18-12)15-7-10-4-5-13-8-16-10/h4-6,8H,3,7H2,1-2H3,(H2,14,15,17,18). The third kappa shape index (κ3) is 3.38. The van der Waals surface area contributed by atoms with Gasteiger partial charge in [-0.2, -0.15) is 4.98 Å². The molecule has 18 heavy (non-hydrogen) atoms. The number of aromatic nitrogens is 4. The highest BCUT2D eigenvalue weighted by molar-refractivity contribution is 5.42. The predicted octanol–water partition coefficient (Wildman–Crippen LogP) is 1.62. The van der Waals surface area contributed by atoms with E-state index in [4.69, 9.17) is 0 Å². The molecular weight excluding hydrogens is 228 g/mol. The van der Waals surface area contributed by atoms with E-state index in [0.29, 0.717) is 12.5 Å². The Bertz CT molecular complexity index is 499. The molecule has 0 aliphatic carbocycles. The Balaban J connectivity index is 2.05. The third-order valence-corrected chi connectivity index (χ3v) is 2.28. The summed E-state index contributed by atoms with van der Waals surface area (Å²) in [6, 6.07) is 3.77. The molecule has 0 saturated carbocycles. The highest BCUT2D eigenvalue weighted by Gasteiger charge is 2.01. The van der Waals surface area contributed by atoms with Crippen LogP contribution in [0.5, 0.6) is 0 Å². The lowest BCUT2D eigenvalue weighted by Crippen LogP contribution is -2.08. The zero-order chi connectivity index (χ0) is 12.8. The van der Waals surface area contributed by atoms with Crippen LogP contribution in [-0.2, 0) is 6.54 Å². The molecule has 0 unspecified atom stereocenters. The molecule has 2 N–H and O–H groups in total. The number of hydrogen-bond donors (Lipinski definition) is 2. The molecule has 0 aliphatic heterocycles. The van der Waals surface area contributed by atoms with E-state index in [2.05, 4.69) is 30.6 Å². The minimum atomic E-state index is 0.616. The number of hydrogen-bond acceptors (Lipinski definition) is 6. The van der Waals surface area contributed by atoms with E-state index < -0.39 is 0 Å². The summed E-state index contributed by atoms with van der Waals surface area (Å²) in [5, 5.41) is 6.32. The van der Waals surface area contributed by atoms with E-state index in [1.165, 1.54) is 6.33 Å². The van der Waals surface area contributed by atoms with Gasteiger partial charge in [0, 0.05) is 24.5 Å². The van der Waals surface area contributed by atoms with Crippen molar-refractivity contribution in [2.45, 2.75) is 20.4 Å². The van der Waals surface area contributed by atoms with Crippen LogP contribution in [0.25, 0.3) is 0 Å². The molecule has 2 rings (SSSR count). The number of nitrogens with zero attached hydrogens (tertiary/aromatic N) is 4. The van der Waals surface area contributed by atoms with E-state index in [1.807, 2.05) is 26.0 Å². The minimum absolute atomic E-state index is 0.616. The summed E-state index contributed by atoms with van der Waals surface area (Å²) < 4.78 is 0. The van der Waals surface area contributed by atoms with Crippen molar-refractivity contribution >= 4 is 11.8 Å². The molecule has 0 saturated heterocycles. The molecule has 94 valence electrons. The second-order valence-corrected chi connectivity index (χ2v) is 3.80. The molecular formula is C12H16N6. The summed E-state index contributed by atoms with van der Waals surface area (Å²) in [5.41, 5.74) is 1.84. The van der Waals surface area contributed by atoms with Gasteiger partial charge >= 0.3 is 0 Å². The number of anilines is 2. The van der Waals surface area contributed by atoms with Crippen molar-refractivity contribution < 1.29 is 0 Å². The van der Waals surface area contributed by atoms with Gasteiger partial charge in [-0.25, -0.2) is 15.0 Å². The lowest BCUT2D eigenvalue weighted by atomic mass is 10.4. The predicted molar refractivity (Wildman–Crippen MR) is 70.3 cm³/mol. The number of aryl methyl sites for hydroxylation is 1. The maximum absolute atomic E-state index is 4.36. The SMILES string of the molecule is CCNc1nc(C)cc(NCc2ccncn2)n1. The summed E-state index contributed by atoms with van der Waals surface area (Å²) >= 11 is 0. The van der Waals surface area contributed by atoms with Gasteiger partial charge in [0.1, 0.15) is 12.1 Å². The van der Waals surface area contributed by atoms with Crippen molar-refractivity contribution in [1.82, 2.24) is 19.9 Å². The topological polar surface area (TPSA) is 75.6 Å². The zero-order valence-corrected chi connectivity index (χ0v) is 10.5. The molecule has 2 heterocycles. The van der Waals surface area contributed by atoms with Gasteiger partial charge in [0.05, 0.1) is 12.2 Å². The zero-order valence-electron chi connectivity index (χ0n) is 10.5. The first-order valence-electron chi connectivity index (χ1n) is 5.86. The summed E-state index contributed by atoms with van der Waals surface area (Å²) in [5.74, 6) is 1.43. The van der Waals surface area contributed by atoms with Crippen LogP contribution in [0, 0.1) is 6.92 Å². The Kier molecular flexibility index (Phi) is 4.01. The lowest BCUT2D eigenvalue weighted by molar-refractivity contribution is 0.981. The Hall–Kier alpha value is -2.24. The van der Waals surface area contributed by atoms with Crippen LogP contribution in [0.1, 0.15) is 18.3 Å². The fourth-order valence-corrected chi connectivity index (χ4v) is 1.50. The van der Waals surface area contributed by atoms with Crippen LogP contribution >= 0.6 is 0 Å². The molecule has 0 aromatic carbocycles. The van der Waals surface area contributed by atoms with Crippen LogP contribution in [-0.4, -0.2) is 26.5 Å². The van der Waals surface area contributed by atoms with Crippen LogP contribution in [0.4, 0.5) is 11.8 Å². The largest absolute Gasteiger partial charge is 0.364 e. The number of nitrogens with one attached hydrogen (secondary N) is 2. The maximum atomic E-state index is 4.36. The van der Waals surface area contributed by atoms with Crippen molar-refractivity contribution in [3.05, 3.63) is 36.0 Å². The van der Waals surface area contributed by atoms with Gasteiger partial charge < -0.3 is 10.6 Å². The second kappa shape index (κ2) is 5.90. The fraction of sp³-hybridized carbons (Fsp3) is 0.333. The minimum Gasteiger partial charge on any atom is -0.364 e. The number of rotatable bonds is 5. The van der Waals surface area contributed by atoms with Gasteiger partial charge in [0.25, 0.3) is 0 Å². The Morgan fingerprint density at radius 2 is 2.11 bits per heavy atom. The summed E-state index contributed by atoms with van der Waals surface area (Å²) in [6.45, 7) is 5.37. The Morgan fingerprint density at radius 3 is 2.83 bits per heavy atom. The first kappa shape index (κ1) is 12.2. The second-order valence-electron chi connectivity index (χ2n) is 3.80. The highest BCUT2D eigenvalue weighted by atomic mass is 15.1. The van der Waals surface area contributed by atoms with Gasteiger partial charge in [-0.1, -0.05) is 0 Å². The molecule has 0 bridgehead atoms. The Morgan fingerprint density at radius 1 is 1.22 bits per heavy atom. The molecule has 6 heteroatoms. The average Bonchev–Trinajstić information content (AvgIpc) is 2.37. The summed E-state index contributed by atoms with van der Waals surface area (Å²) in [4.78, 5) is 16.7. The van der Waals surface area contributed by atoms with E-state index in [0.717, 1.165) is 23.8 Å². The average molecular weight is 244 g/mol. The summed E-state index contributed by atoms with van der Waals surface area (Å²) in [6.07, 6.45) is 3.26. The van der Waals surface area contributed by atoms with Crippen LogP contribution in [0.15, 0.2) is 24.7 Å². The molecule has 0 amide bonds. The molecule has 0 radical (unpaired) electrons. The molecule has 6 nitrogen and oxygen atoms in total. The highest BCUT2D eigenvalue weighted by Crippen LogP contribution is 2.10. The molecule has 0 aliphatic rings. The van der Waals surface area contributed by atoms with Gasteiger partial charge in [-0.05, 0) is 19.9 Å². The quantitative estimate of drug-likeness (QED) is 0.832. The molecule has 2 aromatic heterocycles. The van der Waals surface area contributed by atoms with E-state index >= 15 is 0 Å².